The van der Waals surface area contributed by atoms with Crippen molar-refractivity contribution in [3.05, 3.63) is 59.4 Å². The van der Waals surface area contributed by atoms with Crippen molar-refractivity contribution in [2.45, 2.75) is 6.42 Å². The van der Waals surface area contributed by atoms with E-state index in [2.05, 4.69) is 0 Å². The van der Waals surface area contributed by atoms with Crippen molar-refractivity contribution in [2.24, 2.45) is 0 Å². The van der Waals surface area contributed by atoms with Crippen molar-refractivity contribution in [2.75, 3.05) is 6.61 Å². The van der Waals surface area contributed by atoms with Crippen LogP contribution in [0.15, 0.2) is 42.5 Å². The summed E-state index contributed by atoms with van der Waals surface area (Å²) in [5, 5.41) is 8.81. The van der Waals surface area contributed by atoms with Gasteiger partial charge in [0.05, 0.1) is 5.56 Å². The highest BCUT2D eigenvalue weighted by atomic mass is 19.1. The molecule has 0 aromatic heterocycles. The first-order valence-corrected chi connectivity index (χ1v) is 5.86. The van der Waals surface area contributed by atoms with Gasteiger partial charge in [-0.15, -0.1) is 0 Å². The normalized spacial score (nSPS) is 10.2. The zero-order valence-corrected chi connectivity index (χ0v) is 10.2. The van der Waals surface area contributed by atoms with Crippen molar-refractivity contribution in [1.29, 1.82) is 0 Å². The maximum atomic E-state index is 13.6. The second-order valence-corrected chi connectivity index (χ2v) is 4.00. The van der Waals surface area contributed by atoms with Crippen LogP contribution in [-0.4, -0.2) is 18.0 Å². The smallest absolute Gasteiger partial charge is 0.173 e. The topological polar surface area (TPSA) is 46.5 Å². The molecule has 0 atom stereocenters. The van der Waals surface area contributed by atoms with Gasteiger partial charge in [0.25, 0.3) is 0 Å². The summed E-state index contributed by atoms with van der Waals surface area (Å²) < 4.78 is 19.0. The average molecular weight is 260 g/mol. The summed E-state index contributed by atoms with van der Waals surface area (Å²) in [4.78, 5) is 10.8. The number of aliphatic hydroxyl groups excluding tert-OH is 1. The third-order valence-electron chi connectivity index (χ3n) is 2.67. The molecule has 0 aliphatic heterocycles. The molecule has 3 nitrogen and oxygen atoms in total. The zero-order chi connectivity index (χ0) is 13.7. The molecule has 0 saturated heterocycles. The van der Waals surface area contributed by atoms with Gasteiger partial charge in [-0.25, -0.2) is 4.39 Å². The van der Waals surface area contributed by atoms with E-state index in [1.54, 1.807) is 24.3 Å². The Labute approximate surface area is 110 Å². The van der Waals surface area contributed by atoms with Crippen LogP contribution in [0.2, 0.25) is 0 Å². The molecule has 1 N–H and O–H groups in total. The molecule has 2 rings (SSSR count). The van der Waals surface area contributed by atoms with Crippen LogP contribution >= 0.6 is 0 Å². The number of rotatable bonds is 5. The van der Waals surface area contributed by atoms with E-state index >= 15 is 0 Å². The van der Waals surface area contributed by atoms with E-state index in [-0.39, 0.29) is 17.9 Å². The minimum absolute atomic E-state index is 0.0722. The van der Waals surface area contributed by atoms with Gasteiger partial charge in [-0.3, -0.25) is 4.79 Å². The van der Waals surface area contributed by atoms with E-state index in [0.717, 1.165) is 5.56 Å². The van der Waals surface area contributed by atoms with Gasteiger partial charge < -0.3 is 9.84 Å². The first kappa shape index (κ1) is 13.2. The summed E-state index contributed by atoms with van der Waals surface area (Å²) in [5.41, 5.74) is 1.12. The molecule has 0 heterocycles. The molecule has 0 aliphatic carbocycles. The number of hydrogen-bond acceptors (Lipinski definition) is 3. The summed E-state index contributed by atoms with van der Waals surface area (Å²) in [6, 6.07) is 11.1. The van der Waals surface area contributed by atoms with E-state index in [0.29, 0.717) is 18.5 Å². The summed E-state index contributed by atoms with van der Waals surface area (Å²) in [6.07, 6.45) is 1.11. The zero-order valence-electron chi connectivity index (χ0n) is 10.2. The molecule has 0 bridgehead atoms. The molecule has 0 amide bonds. The molecule has 98 valence electrons. The number of carbonyl (C=O) groups excluding carboxylic acids is 1. The molecule has 0 aliphatic rings. The summed E-state index contributed by atoms with van der Waals surface area (Å²) >= 11 is 0. The fraction of sp³-hybridized carbons (Fsp3) is 0.133. The van der Waals surface area contributed by atoms with Crippen molar-refractivity contribution in [3.8, 4) is 11.5 Å². The van der Waals surface area contributed by atoms with Crippen LogP contribution in [0.1, 0.15) is 15.9 Å². The number of aliphatic hydroxyl groups is 1. The van der Waals surface area contributed by atoms with Crippen molar-refractivity contribution < 1.29 is 19.0 Å². The van der Waals surface area contributed by atoms with Gasteiger partial charge in [0.2, 0.25) is 0 Å². The van der Waals surface area contributed by atoms with Gasteiger partial charge in [0.1, 0.15) is 5.75 Å². The van der Waals surface area contributed by atoms with Gasteiger partial charge in [-0.1, -0.05) is 18.2 Å². The van der Waals surface area contributed by atoms with Crippen molar-refractivity contribution in [1.82, 2.24) is 0 Å². The third-order valence-corrected chi connectivity index (χ3v) is 2.67. The molecule has 2 aromatic carbocycles. The molecule has 0 radical (unpaired) electrons. The van der Waals surface area contributed by atoms with Crippen LogP contribution in [-0.2, 0) is 6.42 Å². The Hall–Kier alpha value is -2.20. The monoisotopic (exact) mass is 260 g/mol. The Kier molecular flexibility index (Phi) is 4.26. The Morgan fingerprint density at radius 1 is 1.16 bits per heavy atom. The SMILES string of the molecule is O=Cc1cccc(F)c1Oc1ccc(CCO)cc1. The van der Waals surface area contributed by atoms with Gasteiger partial charge in [0.15, 0.2) is 17.9 Å². The average Bonchev–Trinajstić information content (AvgIpc) is 2.43. The fourth-order valence-corrected chi connectivity index (χ4v) is 1.70. The Balaban J connectivity index is 2.23. The van der Waals surface area contributed by atoms with Gasteiger partial charge in [-0.05, 0) is 36.2 Å². The van der Waals surface area contributed by atoms with Crippen LogP contribution in [0, 0.1) is 5.82 Å². The van der Waals surface area contributed by atoms with Gasteiger partial charge in [0, 0.05) is 6.61 Å². The van der Waals surface area contributed by atoms with Crippen LogP contribution in [0.4, 0.5) is 4.39 Å². The maximum Gasteiger partial charge on any atom is 0.173 e. The Bertz CT molecular complexity index is 564. The van der Waals surface area contributed by atoms with Gasteiger partial charge in [-0.2, -0.15) is 0 Å². The standard InChI is InChI=1S/C15H13FO3/c16-14-3-1-2-12(10-18)15(14)19-13-6-4-11(5-7-13)8-9-17/h1-7,10,17H,8-9H2. The highest BCUT2D eigenvalue weighted by Gasteiger charge is 2.10. The number of para-hydroxylation sites is 1. The molecular formula is C15H13FO3. The molecule has 4 heteroatoms. The Morgan fingerprint density at radius 2 is 1.89 bits per heavy atom. The molecule has 0 saturated carbocycles. The Morgan fingerprint density at radius 3 is 2.53 bits per heavy atom. The van der Waals surface area contributed by atoms with Crippen molar-refractivity contribution >= 4 is 6.29 Å². The molecular weight excluding hydrogens is 247 g/mol. The minimum Gasteiger partial charge on any atom is -0.454 e. The van der Waals surface area contributed by atoms with E-state index in [4.69, 9.17) is 9.84 Å². The lowest BCUT2D eigenvalue weighted by molar-refractivity contribution is 0.112. The molecule has 0 unspecified atom stereocenters. The molecule has 2 aromatic rings. The largest absolute Gasteiger partial charge is 0.454 e. The molecule has 0 fully saturated rings. The number of halogens is 1. The number of hydrogen-bond donors (Lipinski definition) is 1. The maximum absolute atomic E-state index is 13.6. The van der Waals surface area contributed by atoms with Crippen LogP contribution in [0.3, 0.4) is 0 Å². The van der Waals surface area contributed by atoms with Crippen LogP contribution in [0.5, 0.6) is 11.5 Å². The summed E-state index contributed by atoms with van der Waals surface area (Å²) in [5.74, 6) is -0.216. The van der Waals surface area contributed by atoms with E-state index in [9.17, 15) is 9.18 Å². The number of ether oxygens (including phenoxy) is 1. The first-order valence-electron chi connectivity index (χ1n) is 5.86. The van der Waals surface area contributed by atoms with Crippen LogP contribution < -0.4 is 4.74 Å². The van der Waals surface area contributed by atoms with Crippen LogP contribution in [0.25, 0.3) is 0 Å². The third kappa shape index (κ3) is 3.17. The number of carbonyl (C=O) groups is 1. The lowest BCUT2D eigenvalue weighted by Gasteiger charge is -2.09. The summed E-state index contributed by atoms with van der Waals surface area (Å²) in [7, 11) is 0. The second-order valence-electron chi connectivity index (χ2n) is 4.00. The number of benzene rings is 2. The second kappa shape index (κ2) is 6.11. The van der Waals surface area contributed by atoms with Crippen molar-refractivity contribution in [3.63, 3.8) is 0 Å². The van der Waals surface area contributed by atoms with E-state index < -0.39 is 5.82 Å². The summed E-state index contributed by atoms with van der Waals surface area (Å²) in [6.45, 7) is 0.0722. The molecule has 0 spiro atoms. The lowest BCUT2D eigenvalue weighted by Crippen LogP contribution is -1.95. The van der Waals surface area contributed by atoms with Gasteiger partial charge >= 0.3 is 0 Å². The quantitative estimate of drug-likeness (QED) is 0.841. The minimum atomic E-state index is -0.580. The predicted octanol–water partition coefficient (Wildman–Crippen LogP) is 2.97. The highest BCUT2D eigenvalue weighted by Crippen LogP contribution is 2.27. The number of aldehydes is 1. The molecule has 19 heavy (non-hydrogen) atoms. The first-order chi connectivity index (χ1) is 9.24. The fourth-order valence-electron chi connectivity index (χ4n) is 1.70. The predicted molar refractivity (Wildman–Crippen MR) is 69.1 cm³/mol. The highest BCUT2D eigenvalue weighted by molar-refractivity contribution is 5.79. The van der Waals surface area contributed by atoms with E-state index in [1.165, 1.54) is 18.2 Å². The lowest BCUT2D eigenvalue weighted by atomic mass is 10.1. The van der Waals surface area contributed by atoms with E-state index in [1.807, 2.05) is 0 Å².